The van der Waals surface area contributed by atoms with Gasteiger partial charge in [-0.2, -0.15) is 5.10 Å². The van der Waals surface area contributed by atoms with Crippen LogP contribution in [0, 0.1) is 4.77 Å². The summed E-state index contributed by atoms with van der Waals surface area (Å²) in [4.78, 5) is 28.7. The molecule has 28 heavy (non-hydrogen) atoms. The van der Waals surface area contributed by atoms with Gasteiger partial charge in [-0.15, -0.1) is 0 Å². The fraction of sp³-hybridized carbons (Fsp3) is 0.200. The lowest BCUT2D eigenvalue weighted by Crippen LogP contribution is -2.21. The minimum Gasteiger partial charge on any atom is -0.493 e. The van der Waals surface area contributed by atoms with E-state index in [9.17, 15) is 9.59 Å². The number of rotatable bonds is 7. The number of hydrogen-bond acceptors (Lipinski definition) is 5. The van der Waals surface area contributed by atoms with Gasteiger partial charge in [0.2, 0.25) is 5.91 Å². The van der Waals surface area contributed by atoms with Crippen molar-refractivity contribution in [3.8, 4) is 5.75 Å². The molecule has 2 aromatic carbocycles. The largest absolute Gasteiger partial charge is 0.493 e. The number of aromatic amines is 2. The van der Waals surface area contributed by atoms with Crippen molar-refractivity contribution in [2.45, 2.75) is 19.8 Å². The van der Waals surface area contributed by atoms with Crippen molar-refractivity contribution in [2.24, 2.45) is 5.10 Å². The molecule has 1 amide bonds. The summed E-state index contributed by atoms with van der Waals surface area (Å²) in [5, 5.41) is 6.10. The zero-order chi connectivity index (χ0) is 19.9. The van der Waals surface area contributed by atoms with Gasteiger partial charge >= 0.3 is 0 Å². The van der Waals surface area contributed by atoms with E-state index in [1.54, 1.807) is 6.21 Å². The highest BCUT2D eigenvalue weighted by Crippen LogP contribution is 2.26. The van der Waals surface area contributed by atoms with E-state index in [4.69, 9.17) is 17.0 Å². The van der Waals surface area contributed by atoms with E-state index in [1.807, 2.05) is 43.3 Å². The molecule has 0 saturated heterocycles. The topological polar surface area (TPSA) is 99.3 Å². The van der Waals surface area contributed by atoms with Crippen LogP contribution in [0.15, 0.2) is 52.4 Å². The van der Waals surface area contributed by atoms with Crippen molar-refractivity contribution in [2.75, 3.05) is 6.61 Å². The van der Waals surface area contributed by atoms with Crippen LogP contribution in [-0.2, 0) is 11.2 Å². The Bertz CT molecular complexity index is 1110. The van der Waals surface area contributed by atoms with Crippen molar-refractivity contribution in [3.63, 3.8) is 0 Å². The first-order valence-electron chi connectivity index (χ1n) is 8.86. The molecule has 0 unspecified atom stereocenters. The maximum atomic E-state index is 12.1. The molecule has 0 aliphatic carbocycles. The first-order chi connectivity index (χ1) is 13.6. The van der Waals surface area contributed by atoms with Gasteiger partial charge in [0.25, 0.3) is 5.56 Å². The summed E-state index contributed by atoms with van der Waals surface area (Å²) >= 11 is 4.90. The molecule has 3 aromatic rings. The number of fused-ring (bicyclic) bond motifs is 1. The normalized spacial score (nSPS) is 11.0. The minimum absolute atomic E-state index is 0.0420. The number of nitrogens with zero attached hydrogens (tertiary/aromatic N) is 1. The third-order valence-electron chi connectivity index (χ3n) is 3.94. The van der Waals surface area contributed by atoms with Crippen LogP contribution in [0.3, 0.4) is 0 Å². The third-order valence-corrected chi connectivity index (χ3v) is 4.15. The van der Waals surface area contributed by atoms with Gasteiger partial charge < -0.3 is 9.72 Å². The van der Waals surface area contributed by atoms with Gasteiger partial charge in [-0.1, -0.05) is 37.3 Å². The molecule has 0 aliphatic heterocycles. The Morgan fingerprint density at radius 1 is 1.25 bits per heavy atom. The fourth-order valence-electron chi connectivity index (χ4n) is 2.74. The summed E-state index contributed by atoms with van der Waals surface area (Å²) in [6, 6.07) is 13.1. The van der Waals surface area contributed by atoms with Gasteiger partial charge in [0.1, 0.15) is 5.75 Å². The molecule has 0 radical (unpaired) electrons. The number of carbonyl (C=O) groups excluding carboxylic acids is 1. The minimum atomic E-state index is -0.372. The molecule has 0 atom stereocenters. The smallest absolute Gasteiger partial charge is 0.251 e. The van der Waals surface area contributed by atoms with Crippen molar-refractivity contribution < 1.29 is 9.53 Å². The number of aromatic nitrogens is 2. The molecule has 7 nitrogen and oxygen atoms in total. The van der Waals surface area contributed by atoms with Crippen LogP contribution in [0.5, 0.6) is 5.75 Å². The summed E-state index contributed by atoms with van der Waals surface area (Å²) < 4.78 is 5.99. The van der Waals surface area contributed by atoms with Crippen LogP contribution >= 0.6 is 12.2 Å². The Morgan fingerprint density at radius 2 is 2.07 bits per heavy atom. The van der Waals surface area contributed by atoms with E-state index < -0.39 is 0 Å². The molecule has 3 rings (SSSR count). The van der Waals surface area contributed by atoms with Gasteiger partial charge in [-0.05, 0) is 35.5 Å². The molecule has 1 aromatic heterocycles. The summed E-state index contributed by atoms with van der Waals surface area (Å²) in [5.74, 6) is 0.334. The fourth-order valence-corrected chi connectivity index (χ4v) is 2.97. The quantitative estimate of drug-likeness (QED) is 0.325. The first-order valence-corrected chi connectivity index (χ1v) is 9.26. The summed E-state index contributed by atoms with van der Waals surface area (Å²) in [6.07, 6.45) is 2.42. The average molecular weight is 396 g/mol. The Hall–Kier alpha value is -3.26. The van der Waals surface area contributed by atoms with E-state index in [-0.39, 0.29) is 22.7 Å². The van der Waals surface area contributed by atoms with E-state index in [0.29, 0.717) is 18.1 Å². The molecule has 0 spiro atoms. The summed E-state index contributed by atoms with van der Waals surface area (Å²) in [5.41, 5.74) is 3.33. The first kappa shape index (κ1) is 19.5. The number of hydrogen-bond donors (Lipinski definition) is 3. The molecule has 0 fully saturated rings. The zero-order valence-corrected chi connectivity index (χ0v) is 16.1. The van der Waals surface area contributed by atoms with Crippen molar-refractivity contribution in [1.82, 2.24) is 15.4 Å². The molecular weight excluding hydrogens is 376 g/mol. The van der Waals surface area contributed by atoms with Crippen LogP contribution in [0.4, 0.5) is 0 Å². The average Bonchev–Trinajstić information content (AvgIpc) is 2.66. The molecule has 0 saturated carbocycles. The second-order valence-electron chi connectivity index (χ2n) is 6.13. The highest BCUT2D eigenvalue weighted by atomic mass is 32.1. The van der Waals surface area contributed by atoms with Crippen LogP contribution in [0.25, 0.3) is 10.8 Å². The second-order valence-corrected chi connectivity index (χ2v) is 6.54. The van der Waals surface area contributed by atoms with Crippen LogP contribution in [-0.4, -0.2) is 28.7 Å². The Balaban J connectivity index is 1.79. The van der Waals surface area contributed by atoms with Crippen molar-refractivity contribution in [3.05, 3.63) is 68.8 Å². The number of H-pyrrole nitrogens is 2. The van der Waals surface area contributed by atoms with Gasteiger partial charge in [-0.3, -0.25) is 14.6 Å². The highest BCUT2D eigenvalue weighted by Gasteiger charge is 2.08. The molecule has 0 aliphatic rings. The van der Waals surface area contributed by atoms with E-state index in [0.717, 1.165) is 22.8 Å². The zero-order valence-electron chi connectivity index (χ0n) is 15.3. The standard InChI is InChI=1S/C20H20N4O3S/c1-2-9-27-17-8-7-13-5-3-4-6-15(13)16(17)12-21-24-19(26)11-14-10-18(25)23-20(28)22-14/h3-8,10,12H,2,9,11H2,1H3,(H,24,26)(H2,22,23,25,28)/b21-12-. The predicted octanol–water partition coefficient (Wildman–Crippen LogP) is 3.07. The van der Waals surface area contributed by atoms with E-state index in [1.165, 1.54) is 6.07 Å². The number of carbonyl (C=O) groups is 1. The summed E-state index contributed by atoms with van der Waals surface area (Å²) in [6.45, 7) is 2.63. The molecule has 8 heteroatoms. The Labute approximate surface area is 166 Å². The number of ether oxygens (including phenoxy) is 1. The van der Waals surface area contributed by atoms with Crippen LogP contribution in [0.2, 0.25) is 0 Å². The van der Waals surface area contributed by atoms with Crippen molar-refractivity contribution >= 4 is 35.1 Å². The molecule has 144 valence electrons. The predicted molar refractivity (Wildman–Crippen MR) is 111 cm³/mol. The van der Waals surface area contributed by atoms with Gasteiger partial charge in [-0.25, -0.2) is 5.43 Å². The number of benzene rings is 2. The maximum absolute atomic E-state index is 12.1. The second kappa shape index (κ2) is 9.09. The monoisotopic (exact) mass is 396 g/mol. The number of nitrogens with one attached hydrogen (secondary N) is 3. The SMILES string of the molecule is CCCOc1ccc2ccccc2c1/C=N\NC(=O)Cc1cc(=O)[nH]c(=S)[nH]1. The van der Waals surface area contributed by atoms with Gasteiger partial charge in [0.05, 0.1) is 19.2 Å². The van der Waals surface area contributed by atoms with Crippen LogP contribution in [0.1, 0.15) is 24.6 Å². The Kier molecular flexibility index (Phi) is 6.33. The van der Waals surface area contributed by atoms with Gasteiger partial charge in [0.15, 0.2) is 4.77 Å². The molecular formula is C20H20N4O3S. The van der Waals surface area contributed by atoms with E-state index in [2.05, 4.69) is 20.5 Å². The Morgan fingerprint density at radius 3 is 2.86 bits per heavy atom. The van der Waals surface area contributed by atoms with Crippen molar-refractivity contribution in [1.29, 1.82) is 0 Å². The lowest BCUT2D eigenvalue weighted by molar-refractivity contribution is -0.120. The summed E-state index contributed by atoms with van der Waals surface area (Å²) in [7, 11) is 0. The highest BCUT2D eigenvalue weighted by molar-refractivity contribution is 7.71. The van der Waals surface area contributed by atoms with Crippen LogP contribution < -0.4 is 15.7 Å². The van der Waals surface area contributed by atoms with Gasteiger partial charge in [0, 0.05) is 17.3 Å². The third kappa shape index (κ3) is 4.92. The number of hydrazone groups is 1. The molecule has 3 N–H and O–H groups in total. The number of amides is 1. The maximum Gasteiger partial charge on any atom is 0.251 e. The molecule has 0 bridgehead atoms. The lowest BCUT2D eigenvalue weighted by atomic mass is 10.0. The van der Waals surface area contributed by atoms with E-state index >= 15 is 0 Å². The lowest BCUT2D eigenvalue weighted by Gasteiger charge is -2.11. The molecule has 1 heterocycles.